The quantitative estimate of drug-likeness (QED) is 0.575. The molecule has 4 nitrogen and oxygen atoms in total. The lowest BCUT2D eigenvalue weighted by Crippen LogP contribution is -2.24. The molecule has 0 aliphatic heterocycles. The average molecular weight is 378 g/mol. The Balaban J connectivity index is 1.74. The fourth-order valence-electron chi connectivity index (χ4n) is 2.68. The van der Waals surface area contributed by atoms with Crippen LogP contribution in [0.3, 0.4) is 0 Å². The first kappa shape index (κ1) is 18.5. The zero-order chi connectivity index (χ0) is 18.5. The molecule has 1 aromatic heterocycles. The normalized spacial score (nSPS) is 11.3. The molecule has 0 aliphatic carbocycles. The molecule has 0 fully saturated rings. The highest BCUT2D eigenvalue weighted by Gasteiger charge is 2.15. The van der Waals surface area contributed by atoms with Gasteiger partial charge in [-0.3, -0.25) is 4.90 Å². The van der Waals surface area contributed by atoms with E-state index in [1.165, 1.54) is 6.07 Å². The Hall–Kier alpha value is -2.31. The lowest BCUT2D eigenvalue weighted by atomic mass is 10.2. The third-order valence-corrected chi connectivity index (χ3v) is 4.19. The highest BCUT2D eigenvalue weighted by Crippen LogP contribution is 2.26. The molecule has 0 spiro atoms. The molecule has 0 atom stereocenters. The van der Waals surface area contributed by atoms with Crippen LogP contribution < -0.4 is 0 Å². The van der Waals surface area contributed by atoms with Crippen molar-refractivity contribution in [3.8, 4) is 11.5 Å². The Kier molecular flexibility index (Phi) is 5.96. The second-order valence-corrected chi connectivity index (χ2v) is 6.35. The number of halogens is 3. The summed E-state index contributed by atoms with van der Waals surface area (Å²) in [6.45, 7) is 3.66. The summed E-state index contributed by atoms with van der Waals surface area (Å²) >= 11 is 6.15. The van der Waals surface area contributed by atoms with E-state index in [9.17, 15) is 8.78 Å². The molecule has 0 unspecified atom stereocenters. The predicted molar refractivity (Wildman–Crippen MR) is 95.5 cm³/mol. The maximum absolute atomic E-state index is 13.4. The molecule has 7 heteroatoms. The molecule has 0 amide bonds. The zero-order valence-electron chi connectivity index (χ0n) is 14.3. The topological polar surface area (TPSA) is 42.2 Å². The number of rotatable bonds is 7. The first-order valence-corrected chi connectivity index (χ1v) is 8.68. The molecule has 136 valence electrons. The van der Waals surface area contributed by atoms with Gasteiger partial charge in [0.2, 0.25) is 11.8 Å². The van der Waals surface area contributed by atoms with Gasteiger partial charge in [0.15, 0.2) is 11.6 Å². The van der Waals surface area contributed by atoms with Crippen LogP contribution in [-0.4, -0.2) is 21.6 Å². The minimum absolute atomic E-state index is 0.356. The molecule has 26 heavy (non-hydrogen) atoms. The molecular formula is C19H18ClF2N3O. The Labute approximate surface area is 155 Å². The average Bonchev–Trinajstić information content (AvgIpc) is 3.07. The third kappa shape index (κ3) is 4.45. The van der Waals surface area contributed by atoms with Crippen molar-refractivity contribution in [1.82, 2.24) is 15.1 Å². The van der Waals surface area contributed by atoms with E-state index >= 15 is 0 Å². The molecule has 0 bridgehead atoms. The molecule has 3 aromatic rings. The van der Waals surface area contributed by atoms with Gasteiger partial charge in [0.1, 0.15) is 0 Å². The smallest absolute Gasteiger partial charge is 0.249 e. The Morgan fingerprint density at radius 3 is 2.58 bits per heavy atom. The summed E-state index contributed by atoms with van der Waals surface area (Å²) in [5, 5.41) is 8.67. The summed E-state index contributed by atoms with van der Waals surface area (Å²) in [7, 11) is 0. The van der Waals surface area contributed by atoms with Gasteiger partial charge in [-0.15, -0.1) is 10.2 Å². The van der Waals surface area contributed by atoms with Crippen molar-refractivity contribution in [2.45, 2.75) is 26.4 Å². The zero-order valence-corrected chi connectivity index (χ0v) is 15.0. The van der Waals surface area contributed by atoms with E-state index in [-0.39, 0.29) is 0 Å². The molecule has 0 aliphatic rings. The van der Waals surface area contributed by atoms with Gasteiger partial charge in [-0.2, -0.15) is 0 Å². The van der Waals surface area contributed by atoms with Crippen LogP contribution in [0.25, 0.3) is 11.5 Å². The molecule has 0 saturated carbocycles. The second-order valence-electron chi connectivity index (χ2n) is 5.94. The Morgan fingerprint density at radius 2 is 1.85 bits per heavy atom. The highest BCUT2D eigenvalue weighted by molar-refractivity contribution is 6.33. The third-order valence-electron chi connectivity index (χ3n) is 3.86. The van der Waals surface area contributed by atoms with Crippen LogP contribution >= 0.6 is 11.6 Å². The maximum atomic E-state index is 13.4. The van der Waals surface area contributed by atoms with Crippen molar-refractivity contribution in [2.24, 2.45) is 0 Å². The number of nitrogens with zero attached hydrogens (tertiary/aromatic N) is 3. The first-order chi connectivity index (χ1) is 12.6. The van der Waals surface area contributed by atoms with Crippen molar-refractivity contribution in [1.29, 1.82) is 0 Å². The minimum Gasteiger partial charge on any atom is -0.419 e. The fourth-order valence-corrected chi connectivity index (χ4v) is 2.90. The van der Waals surface area contributed by atoms with Gasteiger partial charge in [0.05, 0.1) is 17.1 Å². The van der Waals surface area contributed by atoms with Gasteiger partial charge >= 0.3 is 0 Å². The van der Waals surface area contributed by atoms with E-state index < -0.39 is 11.6 Å². The predicted octanol–water partition coefficient (Wildman–Crippen LogP) is 5.08. The standard InChI is InChI=1S/C19H18ClF2N3O/c1-2-9-25(11-13-7-8-16(21)17(22)10-13)12-18-23-24-19(26-18)14-5-3-4-6-15(14)20/h3-8,10H,2,9,11-12H2,1H3. The lowest BCUT2D eigenvalue weighted by molar-refractivity contribution is 0.231. The Bertz CT molecular complexity index is 885. The van der Waals surface area contributed by atoms with Crippen LogP contribution in [0.2, 0.25) is 5.02 Å². The number of aromatic nitrogens is 2. The lowest BCUT2D eigenvalue weighted by Gasteiger charge is -2.19. The monoisotopic (exact) mass is 377 g/mol. The van der Waals surface area contributed by atoms with Crippen LogP contribution in [0.4, 0.5) is 8.78 Å². The van der Waals surface area contributed by atoms with Gasteiger partial charge in [0.25, 0.3) is 0 Å². The maximum Gasteiger partial charge on any atom is 0.249 e. The molecule has 2 aromatic carbocycles. The van der Waals surface area contributed by atoms with Gasteiger partial charge in [0, 0.05) is 6.54 Å². The van der Waals surface area contributed by atoms with Crippen LogP contribution in [-0.2, 0) is 13.1 Å². The largest absolute Gasteiger partial charge is 0.419 e. The minimum atomic E-state index is -0.850. The number of hydrogen-bond acceptors (Lipinski definition) is 4. The molecular weight excluding hydrogens is 360 g/mol. The summed E-state index contributed by atoms with van der Waals surface area (Å²) in [4.78, 5) is 2.04. The molecule has 0 saturated heterocycles. The molecule has 0 radical (unpaired) electrons. The van der Waals surface area contributed by atoms with E-state index in [1.807, 2.05) is 30.0 Å². The van der Waals surface area contributed by atoms with Crippen molar-refractivity contribution in [3.63, 3.8) is 0 Å². The number of hydrogen-bond donors (Lipinski definition) is 0. The van der Waals surface area contributed by atoms with Crippen LogP contribution in [0.1, 0.15) is 24.8 Å². The fraction of sp³-hybridized carbons (Fsp3) is 0.263. The van der Waals surface area contributed by atoms with Gasteiger partial charge in [-0.1, -0.05) is 36.7 Å². The van der Waals surface area contributed by atoms with Gasteiger partial charge in [-0.05, 0) is 42.8 Å². The summed E-state index contributed by atoms with van der Waals surface area (Å²) in [6.07, 6.45) is 0.898. The summed E-state index contributed by atoms with van der Waals surface area (Å²) < 4.78 is 32.2. The second kappa shape index (κ2) is 8.38. The van der Waals surface area contributed by atoms with Gasteiger partial charge < -0.3 is 4.42 Å². The SMILES string of the molecule is CCCN(Cc1ccc(F)c(F)c1)Cc1nnc(-c2ccccc2Cl)o1. The van der Waals surface area contributed by atoms with Crippen LogP contribution in [0.5, 0.6) is 0 Å². The van der Waals surface area contributed by atoms with Crippen molar-refractivity contribution >= 4 is 11.6 Å². The van der Waals surface area contributed by atoms with Crippen molar-refractivity contribution < 1.29 is 13.2 Å². The van der Waals surface area contributed by atoms with Gasteiger partial charge in [-0.25, -0.2) is 8.78 Å². The summed E-state index contributed by atoms with van der Waals surface area (Å²) in [5.74, 6) is -0.902. The van der Waals surface area contributed by atoms with E-state index in [0.717, 1.165) is 19.0 Å². The first-order valence-electron chi connectivity index (χ1n) is 8.30. The van der Waals surface area contributed by atoms with E-state index in [0.29, 0.717) is 41.0 Å². The van der Waals surface area contributed by atoms with E-state index in [4.69, 9.17) is 16.0 Å². The molecule has 0 N–H and O–H groups in total. The van der Waals surface area contributed by atoms with E-state index in [2.05, 4.69) is 10.2 Å². The van der Waals surface area contributed by atoms with Crippen LogP contribution in [0, 0.1) is 11.6 Å². The molecule has 1 heterocycles. The Morgan fingerprint density at radius 1 is 1.04 bits per heavy atom. The number of benzene rings is 2. The van der Waals surface area contributed by atoms with Crippen molar-refractivity contribution in [2.75, 3.05) is 6.54 Å². The summed E-state index contributed by atoms with van der Waals surface area (Å²) in [5.41, 5.74) is 1.36. The summed E-state index contributed by atoms with van der Waals surface area (Å²) in [6, 6.07) is 11.2. The van der Waals surface area contributed by atoms with E-state index in [1.54, 1.807) is 12.1 Å². The highest BCUT2D eigenvalue weighted by atomic mass is 35.5. The molecule has 3 rings (SSSR count). The van der Waals surface area contributed by atoms with Crippen molar-refractivity contribution in [3.05, 3.63) is 70.6 Å². The van der Waals surface area contributed by atoms with Crippen LogP contribution in [0.15, 0.2) is 46.9 Å².